The summed E-state index contributed by atoms with van der Waals surface area (Å²) in [5, 5.41) is 7.66. The highest BCUT2D eigenvalue weighted by atomic mass is 16.7. The van der Waals surface area contributed by atoms with Gasteiger partial charge >= 0.3 is 0 Å². The molecule has 2 aromatic heterocycles. The van der Waals surface area contributed by atoms with Crippen LogP contribution >= 0.6 is 0 Å². The Morgan fingerprint density at radius 1 is 1.19 bits per heavy atom. The van der Waals surface area contributed by atoms with Gasteiger partial charge in [-0.1, -0.05) is 5.16 Å². The molecule has 1 amide bonds. The van der Waals surface area contributed by atoms with Gasteiger partial charge in [0, 0.05) is 24.7 Å². The fourth-order valence-electron chi connectivity index (χ4n) is 4.10. The van der Waals surface area contributed by atoms with E-state index >= 15 is 0 Å². The molecule has 0 unspecified atom stereocenters. The van der Waals surface area contributed by atoms with Crippen LogP contribution in [0.25, 0.3) is 11.1 Å². The fourth-order valence-corrected chi connectivity index (χ4v) is 4.10. The van der Waals surface area contributed by atoms with Crippen LogP contribution in [0.3, 0.4) is 0 Å². The van der Waals surface area contributed by atoms with E-state index in [1.807, 2.05) is 6.92 Å². The minimum Gasteiger partial charge on any atom is -0.454 e. The lowest BCUT2D eigenvalue weighted by molar-refractivity contribution is -0.120. The molecule has 31 heavy (non-hydrogen) atoms. The molecule has 1 atom stereocenters. The van der Waals surface area contributed by atoms with Crippen LogP contribution < -0.4 is 19.7 Å². The van der Waals surface area contributed by atoms with Gasteiger partial charge in [0.1, 0.15) is 17.5 Å². The number of amides is 1. The lowest BCUT2D eigenvalue weighted by Crippen LogP contribution is -2.41. The summed E-state index contributed by atoms with van der Waals surface area (Å²) in [4.78, 5) is 35.8. The number of fused-ring (bicyclic) bond motifs is 2. The molecule has 1 saturated heterocycles. The number of carbonyl (C=O) groups is 2. The van der Waals surface area contributed by atoms with Crippen LogP contribution in [0.2, 0.25) is 0 Å². The highest BCUT2D eigenvalue weighted by Gasteiger charge is 2.30. The van der Waals surface area contributed by atoms with E-state index in [9.17, 15) is 9.59 Å². The van der Waals surface area contributed by atoms with Crippen LogP contribution in [0.5, 0.6) is 11.5 Å². The third-order valence-corrected chi connectivity index (χ3v) is 5.66. The fraction of sp³-hybridized carbons (Fsp3) is 0.381. The van der Waals surface area contributed by atoms with Crippen molar-refractivity contribution in [2.24, 2.45) is 5.92 Å². The smallest absolute Gasteiger partial charge is 0.263 e. The molecule has 4 heterocycles. The zero-order valence-electron chi connectivity index (χ0n) is 17.2. The average Bonchev–Trinajstić information content (AvgIpc) is 3.39. The monoisotopic (exact) mass is 423 g/mol. The van der Waals surface area contributed by atoms with Gasteiger partial charge in [0.05, 0.1) is 17.3 Å². The molecule has 3 aromatic rings. The van der Waals surface area contributed by atoms with Crippen molar-refractivity contribution in [1.82, 2.24) is 15.1 Å². The third-order valence-electron chi connectivity index (χ3n) is 5.66. The molecule has 0 bridgehead atoms. The number of rotatable bonds is 4. The van der Waals surface area contributed by atoms with E-state index in [1.165, 1.54) is 13.3 Å². The number of anilines is 2. The number of hydrogen-bond donors (Lipinski definition) is 1. The second-order valence-electron chi connectivity index (χ2n) is 7.73. The van der Waals surface area contributed by atoms with Gasteiger partial charge in [-0.3, -0.25) is 9.59 Å². The Morgan fingerprint density at radius 2 is 2.00 bits per heavy atom. The molecule has 2 aliphatic rings. The molecule has 0 radical (unpaired) electrons. The van der Waals surface area contributed by atoms with E-state index in [0.717, 1.165) is 24.8 Å². The first-order chi connectivity index (χ1) is 15.0. The SMILES string of the molecule is CC(=O)c1cc2c(cc1NC(=O)[C@H]1CCCN(c3ncnc4onc(C)c34)C1)OCO2. The molecule has 10 heteroatoms. The number of nitrogens with zero attached hydrogens (tertiary/aromatic N) is 4. The predicted octanol–water partition coefficient (Wildman–Crippen LogP) is 2.71. The minimum absolute atomic E-state index is 0.0946. The molecule has 0 saturated carbocycles. The van der Waals surface area contributed by atoms with Gasteiger partial charge in [-0.25, -0.2) is 4.98 Å². The topological polar surface area (TPSA) is 120 Å². The minimum atomic E-state index is -0.274. The highest BCUT2D eigenvalue weighted by Crippen LogP contribution is 2.38. The van der Waals surface area contributed by atoms with Crippen molar-refractivity contribution in [3.63, 3.8) is 0 Å². The number of piperidine rings is 1. The summed E-state index contributed by atoms with van der Waals surface area (Å²) < 4.78 is 16.0. The van der Waals surface area contributed by atoms with Crippen molar-refractivity contribution in [3.05, 3.63) is 29.7 Å². The summed E-state index contributed by atoms with van der Waals surface area (Å²) in [6.07, 6.45) is 3.01. The van der Waals surface area contributed by atoms with Gasteiger partial charge in [0.15, 0.2) is 17.3 Å². The lowest BCUT2D eigenvalue weighted by Gasteiger charge is -2.33. The predicted molar refractivity (Wildman–Crippen MR) is 110 cm³/mol. The van der Waals surface area contributed by atoms with Crippen LogP contribution in [0.15, 0.2) is 23.0 Å². The van der Waals surface area contributed by atoms with Gasteiger partial charge in [0.2, 0.25) is 12.7 Å². The molecule has 1 fully saturated rings. The Balaban J connectivity index is 1.38. The molecule has 160 valence electrons. The number of ether oxygens (including phenoxy) is 2. The van der Waals surface area contributed by atoms with Crippen LogP contribution in [0, 0.1) is 12.8 Å². The molecule has 1 N–H and O–H groups in total. The molecule has 10 nitrogen and oxygen atoms in total. The number of Topliss-reactive ketones (excluding diaryl/α,β-unsaturated/α-hetero) is 1. The van der Waals surface area contributed by atoms with Gasteiger partial charge in [-0.2, -0.15) is 4.98 Å². The van der Waals surface area contributed by atoms with Crippen molar-refractivity contribution < 1.29 is 23.6 Å². The second-order valence-corrected chi connectivity index (χ2v) is 7.73. The van der Waals surface area contributed by atoms with Crippen LogP contribution in [0.4, 0.5) is 11.5 Å². The third kappa shape index (κ3) is 3.43. The first-order valence-electron chi connectivity index (χ1n) is 10.1. The molecule has 2 aliphatic heterocycles. The van der Waals surface area contributed by atoms with Gasteiger partial charge in [-0.05, 0) is 32.8 Å². The van der Waals surface area contributed by atoms with E-state index in [4.69, 9.17) is 14.0 Å². The second kappa shape index (κ2) is 7.53. The number of aromatic nitrogens is 3. The molecule has 5 rings (SSSR count). The zero-order chi connectivity index (χ0) is 21.5. The standard InChI is InChI=1S/C21H21N5O5/c1-11-18-19(22-9-23-21(18)31-25-11)26-5-3-4-13(8-26)20(28)24-15-7-17-16(29-10-30-17)6-14(15)12(2)27/h6-7,9,13H,3-5,8,10H2,1-2H3,(H,24,28)/t13-/m0/s1. The van der Waals surface area contributed by atoms with Crippen molar-refractivity contribution in [3.8, 4) is 11.5 Å². The molecular weight excluding hydrogens is 402 g/mol. The summed E-state index contributed by atoms with van der Waals surface area (Å²) in [7, 11) is 0. The van der Waals surface area contributed by atoms with Crippen molar-refractivity contribution in [2.75, 3.05) is 30.1 Å². The lowest BCUT2D eigenvalue weighted by atomic mass is 9.96. The molecular formula is C21H21N5O5. The first kappa shape index (κ1) is 19.3. The first-order valence-corrected chi connectivity index (χ1v) is 10.1. The molecule has 0 spiro atoms. The summed E-state index contributed by atoms with van der Waals surface area (Å²) in [6, 6.07) is 3.26. The Morgan fingerprint density at radius 3 is 2.81 bits per heavy atom. The number of ketones is 1. The van der Waals surface area contributed by atoms with E-state index in [2.05, 4.69) is 25.3 Å². The largest absolute Gasteiger partial charge is 0.454 e. The average molecular weight is 423 g/mol. The number of carbonyl (C=O) groups excluding carboxylic acids is 2. The number of aryl methyl sites for hydroxylation is 1. The quantitative estimate of drug-likeness (QED) is 0.632. The van der Waals surface area contributed by atoms with Crippen molar-refractivity contribution in [1.29, 1.82) is 0 Å². The van der Waals surface area contributed by atoms with Crippen molar-refractivity contribution >= 4 is 34.3 Å². The number of hydrogen-bond acceptors (Lipinski definition) is 9. The summed E-state index contributed by atoms with van der Waals surface area (Å²) in [5.74, 6) is 1.14. The number of benzene rings is 1. The summed E-state index contributed by atoms with van der Waals surface area (Å²) >= 11 is 0. The Bertz CT molecular complexity index is 1190. The van der Waals surface area contributed by atoms with Gasteiger partial charge in [-0.15, -0.1) is 0 Å². The zero-order valence-corrected chi connectivity index (χ0v) is 17.2. The van der Waals surface area contributed by atoms with Gasteiger partial charge in [0.25, 0.3) is 5.71 Å². The molecule has 1 aromatic carbocycles. The Hall–Kier alpha value is -3.69. The maximum atomic E-state index is 13.1. The van der Waals surface area contributed by atoms with E-state index < -0.39 is 0 Å². The normalized spacial score (nSPS) is 17.7. The Labute approximate surface area is 177 Å². The van der Waals surface area contributed by atoms with E-state index in [-0.39, 0.29) is 24.4 Å². The van der Waals surface area contributed by atoms with E-state index in [1.54, 1.807) is 12.1 Å². The maximum absolute atomic E-state index is 13.1. The number of nitrogens with one attached hydrogen (secondary N) is 1. The maximum Gasteiger partial charge on any atom is 0.263 e. The summed E-state index contributed by atoms with van der Waals surface area (Å²) in [6.45, 7) is 4.65. The highest BCUT2D eigenvalue weighted by molar-refractivity contribution is 6.05. The van der Waals surface area contributed by atoms with Gasteiger partial charge < -0.3 is 24.2 Å². The Kier molecular flexibility index (Phi) is 4.68. The van der Waals surface area contributed by atoms with Crippen LogP contribution in [-0.4, -0.2) is 46.7 Å². The molecule has 0 aliphatic carbocycles. The van der Waals surface area contributed by atoms with Crippen molar-refractivity contribution in [2.45, 2.75) is 26.7 Å². The van der Waals surface area contributed by atoms with E-state index in [0.29, 0.717) is 46.5 Å². The summed E-state index contributed by atoms with van der Waals surface area (Å²) in [5.41, 5.74) is 1.96. The van der Waals surface area contributed by atoms with Crippen LogP contribution in [-0.2, 0) is 4.79 Å². The van der Waals surface area contributed by atoms with Crippen LogP contribution in [0.1, 0.15) is 35.8 Å².